The van der Waals surface area contributed by atoms with E-state index in [0.29, 0.717) is 27.6 Å². The summed E-state index contributed by atoms with van der Waals surface area (Å²) in [4.78, 5) is 12.5. The third kappa shape index (κ3) is 4.85. The number of amides is 1. The van der Waals surface area contributed by atoms with Crippen molar-refractivity contribution in [1.29, 1.82) is 0 Å². The SMILES string of the molecule is COc1ccc(NC(=O)[C@@H](C)Sc2nnc(-c3cc(C)cc(C)c3)o2)cc1Cl. The summed E-state index contributed by atoms with van der Waals surface area (Å²) in [5.74, 6) is 0.785. The lowest BCUT2D eigenvalue weighted by atomic mass is 10.1. The van der Waals surface area contributed by atoms with E-state index in [4.69, 9.17) is 20.8 Å². The number of halogens is 1. The highest BCUT2D eigenvalue weighted by Gasteiger charge is 2.19. The van der Waals surface area contributed by atoms with Crippen LogP contribution in [-0.4, -0.2) is 28.5 Å². The number of methoxy groups -OCH3 is 1. The monoisotopic (exact) mass is 417 g/mol. The molecule has 1 N–H and O–H groups in total. The van der Waals surface area contributed by atoms with Crippen LogP contribution in [0, 0.1) is 13.8 Å². The van der Waals surface area contributed by atoms with Gasteiger partial charge in [-0.1, -0.05) is 40.6 Å². The lowest BCUT2D eigenvalue weighted by molar-refractivity contribution is -0.115. The smallest absolute Gasteiger partial charge is 0.277 e. The summed E-state index contributed by atoms with van der Waals surface area (Å²) in [5.41, 5.74) is 3.69. The molecular formula is C20H20ClN3O3S. The van der Waals surface area contributed by atoms with Crippen LogP contribution in [0.5, 0.6) is 5.75 Å². The summed E-state index contributed by atoms with van der Waals surface area (Å²) in [7, 11) is 1.54. The first kappa shape index (κ1) is 20.2. The molecule has 1 aromatic heterocycles. The van der Waals surface area contributed by atoms with E-state index in [0.717, 1.165) is 16.7 Å². The van der Waals surface area contributed by atoms with Crippen LogP contribution in [0.1, 0.15) is 18.1 Å². The van der Waals surface area contributed by atoms with Crippen LogP contribution in [0.15, 0.2) is 46.0 Å². The topological polar surface area (TPSA) is 77.2 Å². The van der Waals surface area contributed by atoms with Crippen LogP contribution in [0.3, 0.4) is 0 Å². The Balaban J connectivity index is 1.66. The minimum Gasteiger partial charge on any atom is -0.495 e. The van der Waals surface area contributed by atoms with Gasteiger partial charge in [-0.15, -0.1) is 10.2 Å². The summed E-state index contributed by atoms with van der Waals surface area (Å²) in [6, 6.07) is 11.1. The van der Waals surface area contributed by atoms with Crippen molar-refractivity contribution in [2.75, 3.05) is 12.4 Å². The first-order chi connectivity index (χ1) is 13.4. The Kier molecular flexibility index (Phi) is 6.26. The van der Waals surface area contributed by atoms with Crippen molar-refractivity contribution < 1.29 is 13.9 Å². The van der Waals surface area contributed by atoms with Crippen LogP contribution in [0.25, 0.3) is 11.5 Å². The molecule has 2 aromatic carbocycles. The van der Waals surface area contributed by atoms with E-state index < -0.39 is 5.25 Å². The molecule has 0 saturated heterocycles. The Hall–Kier alpha value is -2.51. The zero-order valence-corrected chi connectivity index (χ0v) is 17.5. The second-order valence-electron chi connectivity index (χ2n) is 6.35. The number of aromatic nitrogens is 2. The second kappa shape index (κ2) is 8.67. The van der Waals surface area contributed by atoms with Crippen molar-refractivity contribution in [2.45, 2.75) is 31.2 Å². The van der Waals surface area contributed by atoms with Gasteiger partial charge in [0.05, 0.1) is 17.4 Å². The van der Waals surface area contributed by atoms with E-state index in [9.17, 15) is 4.79 Å². The van der Waals surface area contributed by atoms with Crippen LogP contribution >= 0.6 is 23.4 Å². The van der Waals surface area contributed by atoms with Gasteiger partial charge in [-0.05, 0) is 51.1 Å². The summed E-state index contributed by atoms with van der Waals surface area (Å²) in [5, 5.41) is 11.3. The summed E-state index contributed by atoms with van der Waals surface area (Å²) >= 11 is 7.29. The first-order valence-corrected chi connectivity index (χ1v) is 9.84. The molecule has 0 spiro atoms. The zero-order chi connectivity index (χ0) is 20.3. The van der Waals surface area contributed by atoms with Crippen molar-refractivity contribution in [3.8, 4) is 17.2 Å². The molecule has 146 valence electrons. The maximum absolute atomic E-state index is 12.5. The first-order valence-electron chi connectivity index (χ1n) is 8.59. The molecule has 1 amide bonds. The van der Waals surface area contributed by atoms with E-state index in [1.54, 1.807) is 25.1 Å². The molecule has 1 atom stereocenters. The molecule has 8 heteroatoms. The van der Waals surface area contributed by atoms with Gasteiger partial charge in [-0.3, -0.25) is 4.79 Å². The van der Waals surface area contributed by atoms with Gasteiger partial charge in [-0.2, -0.15) is 0 Å². The molecule has 0 aliphatic carbocycles. The largest absolute Gasteiger partial charge is 0.495 e. The third-order valence-corrected chi connectivity index (χ3v) is 5.17. The minimum atomic E-state index is -0.437. The van der Waals surface area contributed by atoms with Crippen molar-refractivity contribution in [3.05, 3.63) is 52.5 Å². The van der Waals surface area contributed by atoms with E-state index >= 15 is 0 Å². The Morgan fingerprint density at radius 3 is 2.54 bits per heavy atom. The van der Waals surface area contributed by atoms with Crippen LogP contribution in [-0.2, 0) is 4.79 Å². The van der Waals surface area contributed by atoms with E-state index in [1.807, 2.05) is 26.0 Å². The molecule has 0 radical (unpaired) electrons. The van der Waals surface area contributed by atoms with Gasteiger partial charge >= 0.3 is 0 Å². The molecular weight excluding hydrogens is 398 g/mol. The summed E-state index contributed by atoms with van der Waals surface area (Å²) < 4.78 is 10.8. The predicted molar refractivity (Wildman–Crippen MR) is 111 cm³/mol. The number of hydrogen-bond acceptors (Lipinski definition) is 6. The molecule has 3 aromatic rings. The van der Waals surface area contributed by atoms with E-state index in [2.05, 4.69) is 21.6 Å². The van der Waals surface area contributed by atoms with Gasteiger partial charge in [0.1, 0.15) is 5.75 Å². The highest BCUT2D eigenvalue weighted by molar-refractivity contribution is 8.00. The Labute approximate surface area is 172 Å². The lowest BCUT2D eigenvalue weighted by Gasteiger charge is -2.11. The number of nitrogens with zero attached hydrogens (tertiary/aromatic N) is 2. The molecule has 3 rings (SSSR count). The van der Waals surface area contributed by atoms with Crippen molar-refractivity contribution >= 4 is 35.0 Å². The van der Waals surface area contributed by atoms with Crippen molar-refractivity contribution in [1.82, 2.24) is 10.2 Å². The van der Waals surface area contributed by atoms with Crippen molar-refractivity contribution in [2.24, 2.45) is 0 Å². The quantitative estimate of drug-likeness (QED) is 0.560. The molecule has 0 unspecified atom stereocenters. The normalized spacial score (nSPS) is 11.9. The van der Waals surface area contributed by atoms with Gasteiger partial charge < -0.3 is 14.5 Å². The van der Waals surface area contributed by atoms with E-state index in [1.165, 1.54) is 18.9 Å². The number of rotatable bonds is 6. The van der Waals surface area contributed by atoms with Crippen LogP contribution < -0.4 is 10.1 Å². The molecule has 0 saturated carbocycles. The fourth-order valence-corrected chi connectivity index (χ4v) is 3.61. The molecule has 0 aliphatic heterocycles. The van der Waals surface area contributed by atoms with Gasteiger partial charge in [0, 0.05) is 11.3 Å². The zero-order valence-electron chi connectivity index (χ0n) is 15.9. The maximum atomic E-state index is 12.5. The van der Waals surface area contributed by atoms with Gasteiger partial charge in [-0.25, -0.2) is 0 Å². The van der Waals surface area contributed by atoms with Gasteiger partial charge in [0.15, 0.2) is 0 Å². The fourth-order valence-electron chi connectivity index (χ4n) is 2.66. The van der Waals surface area contributed by atoms with Crippen LogP contribution in [0.2, 0.25) is 5.02 Å². The summed E-state index contributed by atoms with van der Waals surface area (Å²) in [6.07, 6.45) is 0. The number of aryl methyl sites for hydroxylation is 2. The number of hydrogen-bond donors (Lipinski definition) is 1. The average Bonchev–Trinajstić information content (AvgIpc) is 3.09. The molecule has 0 bridgehead atoms. The molecule has 28 heavy (non-hydrogen) atoms. The highest BCUT2D eigenvalue weighted by Crippen LogP contribution is 2.29. The minimum absolute atomic E-state index is 0.197. The number of ether oxygens (including phenoxy) is 1. The number of anilines is 1. The Morgan fingerprint density at radius 1 is 1.18 bits per heavy atom. The maximum Gasteiger partial charge on any atom is 0.277 e. The number of nitrogens with one attached hydrogen (secondary N) is 1. The lowest BCUT2D eigenvalue weighted by Crippen LogP contribution is -2.22. The molecule has 1 heterocycles. The molecule has 6 nitrogen and oxygen atoms in total. The molecule has 0 aliphatic rings. The number of carbonyl (C=O) groups is 1. The standard InChI is InChI=1S/C20H20ClN3O3S/c1-11-7-12(2)9-14(8-11)19-23-24-20(27-19)28-13(3)18(25)22-15-5-6-17(26-4)16(21)10-15/h5-10,13H,1-4H3,(H,22,25)/t13-/m1/s1. The number of carbonyl (C=O) groups excluding carboxylic acids is 1. The third-order valence-electron chi connectivity index (χ3n) is 3.94. The summed E-state index contributed by atoms with van der Waals surface area (Å²) in [6.45, 7) is 5.80. The number of thioether (sulfide) groups is 1. The number of benzene rings is 2. The van der Waals surface area contributed by atoms with Gasteiger partial charge in [0.2, 0.25) is 11.8 Å². The Bertz CT molecular complexity index is 986. The average molecular weight is 418 g/mol. The van der Waals surface area contributed by atoms with E-state index in [-0.39, 0.29) is 5.91 Å². The predicted octanol–water partition coefficient (Wildman–Crippen LogP) is 5.13. The Morgan fingerprint density at radius 2 is 1.89 bits per heavy atom. The van der Waals surface area contributed by atoms with Crippen molar-refractivity contribution in [3.63, 3.8) is 0 Å². The van der Waals surface area contributed by atoms with Crippen LogP contribution in [0.4, 0.5) is 5.69 Å². The second-order valence-corrected chi connectivity index (χ2v) is 8.05. The fraction of sp³-hybridized carbons (Fsp3) is 0.250. The van der Waals surface area contributed by atoms with Gasteiger partial charge in [0.25, 0.3) is 5.22 Å². The highest BCUT2D eigenvalue weighted by atomic mass is 35.5. The molecule has 0 fully saturated rings.